The second kappa shape index (κ2) is 7.09. The van der Waals surface area contributed by atoms with Crippen LogP contribution in [0.4, 0.5) is 11.6 Å². The average molecular weight is 339 g/mol. The van der Waals surface area contributed by atoms with Gasteiger partial charge in [-0.2, -0.15) is 0 Å². The predicted molar refractivity (Wildman–Crippen MR) is 100 cm³/mol. The second-order valence-corrected chi connectivity index (χ2v) is 6.80. The highest BCUT2D eigenvalue weighted by Gasteiger charge is 2.23. The van der Waals surface area contributed by atoms with Gasteiger partial charge in [0.2, 0.25) is 0 Å². The van der Waals surface area contributed by atoms with E-state index >= 15 is 0 Å². The first-order chi connectivity index (χ1) is 11.9. The smallest absolute Gasteiger partial charge is 0.253 e. The number of aromatic nitrogens is 2. The summed E-state index contributed by atoms with van der Waals surface area (Å²) in [5.74, 6) is 1.82. The third-order valence-corrected chi connectivity index (χ3v) is 4.45. The maximum atomic E-state index is 12.7. The summed E-state index contributed by atoms with van der Waals surface area (Å²) in [5.41, 5.74) is 3.03. The van der Waals surface area contributed by atoms with E-state index in [4.69, 9.17) is 0 Å². The largest absolute Gasteiger partial charge is 0.361 e. The van der Waals surface area contributed by atoms with Crippen LogP contribution in [-0.2, 0) is 0 Å². The van der Waals surface area contributed by atoms with Crippen molar-refractivity contribution >= 4 is 17.5 Å². The molecule has 1 aliphatic rings. The summed E-state index contributed by atoms with van der Waals surface area (Å²) in [5, 5.41) is 8.53. The lowest BCUT2D eigenvalue weighted by atomic mass is 10.1. The molecule has 1 aromatic heterocycles. The predicted octanol–water partition coefficient (Wildman–Crippen LogP) is 2.12. The number of hydrogen-bond acceptors (Lipinski definition) is 5. The Morgan fingerprint density at radius 2 is 1.60 bits per heavy atom. The molecule has 2 heterocycles. The zero-order valence-electron chi connectivity index (χ0n) is 15.4. The quantitative estimate of drug-likeness (QED) is 0.857. The van der Waals surface area contributed by atoms with Gasteiger partial charge in [-0.25, -0.2) is 0 Å². The monoisotopic (exact) mass is 339 g/mol. The number of hydrogen-bond donors (Lipinski definition) is 0. The van der Waals surface area contributed by atoms with Gasteiger partial charge in [-0.3, -0.25) is 4.79 Å². The van der Waals surface area contributed by atoms with E-state index in [-0.39, 0.29) is 5.91 Å². The van der Waals surface area contributed by atoms with E-state index in [1.54, 1.807) is 0 Å². The van der Waals surface area contributed by atoms with E-state index in [9.17, 15) is 4.79 Å². The first kappa shape index (κ1) is 17.2. The fraction of sp³-hybridized carbons (Fsp3) is 0.421. The zero-order valence-corrected chi connectivity index (χ0v) is 15.4. The molecule has 0 aliphatic carbocycles. The molecule has 1 aromatic carbocycles. The third kappa shape index (κ3) is 3.90. The Labute approximate surface area is 149 Å². The van der Waals surface area contributed by atoms with Crippen molar-refractivity contribution in [2.75, 3.05) is 50.1 Å². The molecule has 1 aliphatic heterocycles. The minimum absolute atomic E-state index is 0.112. The number of aryl methyl sites for hydroxylation is 2. The maximum Gasteiger partial charge on any atom is 0.253 e. The van der Waals surface area contributed by atoms with Crippen molar-refractivity contribution in [3.8, 4) is 0 Å². The summed E-state index contributed by atoms with van der Waals surface area (Å²) in [4.78, 5) is 18.8. The van der Waals surface area contributed by atoms with Crippen molar-refractivity contribution < 1.29 is 4.79 Å². The molecule has 0 unspecified atom stereocenters. The average Bonchev–Trinajstić information content (AvgIpc) is 2.60. The van der Waals surface area contributed by atoms with Crippen molar-refractivity contribution in [2.24, 2.45) is 0 Å². The fourth-order valence-corrected chi connectivity index (χ4v) is 3.14. The lowest BCUT2D eigenvalue weighted by Gasteiger charge is -2.35. The minimum Gasteiger partial charge on any atom is -0.361 e. The van der Waals surface area contributed by atoms with Crippen LogP contribution in [0.2, 0.25) is 0 Å². The number of amides is 1. The van der Waals surface area contributed by atoms with Gasteiger partial charge in [0.1, 0.15) is 0 Å². The Bertz CT molecular complexity index is 729. The molecule has 132 valence electrons. The summed E-state index contributed by atoms with van der Waals surface area (Å²) < 4.78 is 0. The lowest BCUT2D eigenvalue weighted by molar-refractivity contribution is 0.0746. The van der Waals surface area contributed by atoms with Gasteiger partial charge in [-0.1, -0.05) is 17.2 Å². The molecule has 2 aromatic rings. The number of nitrogens with zero attached hydrogens (tertiary/aromatic N) is 5. The number of rotatable bonds is 3. The highest BCUT2D eigenvalue weighted by Crippen LogP contribution is 2.17. The Morgan fingerprint density at radius 3 is 2.12 bits per heavy atom. The maximum absolute atomic E-state index is 12.7. The summed E-state index contributed by atoms with van der Waals surface area (Å²) in [6, 6.07) is 9.98. The molecule has 3 rings (SSSR count). The van der Waals surface area contributed by atoms with Gasteiger partial charge < -0.3 is 14.7 Å². The van der Waals surface area contributed by atoms with Gasteiger partial charge in [0.05, 0.1) is 0 Å². The Hall–Kier alpha value is -2.63. The van der Waals surface area contributed by atoms with Gasteiger partial charge in [0, 0.05) is 45.8 Å². The molecule has 1 fully saturated rings. The molecule has 6 nitrogen and oxygen atoms in total. The van der Waals surface area contributed by atoms with Crippen LogP contribution in [0.15, 0.2) is 30.3 Å². The normalized spacial score (nSPS) is 14.6. The van der Waals surface area contributed by atoms with Crippen LogP contribution in [0.3, 0.4) is 0 Å². The summed E-state index contributed by atoms with van der Waals surface area (Å²) in [6.07, 6.45) is 0. The van der Waals surface area contributed by atoms with Crippen molar-refractivity contribution in [3.63, 3.8) is 0 Å². The Morgan fingerprint density at radius 1 is 0.960 bits per heavy atom. The van der Waals surface area contributed by atoms with Crippen LogP contribution < -0.4 is 9.80 Å². The molecule has 0 bridgehead atoms. The summed E-state index contributed by atoms with van der Waals surface area (Å²) in [6.45, 7) is 6.99. The van der Waals surface area contributed by atoms with Crippen LogP contribution in [0.5, 0.6) is 0 Å². The number of piperazine rings is 1. The molecule has 1 amide bonds. The Kier molecular flexibility index (Phi) is 4.88. The Balaban J connectivity index is 1.64. The van der Waals surface area contributed by atoms with E-state index in [1.807, 2.05) is 62.0 Å². The van der Waals surface area contributed by atoms with Gasteiger partial charge in [-0.15, -0.1) is 10.2 Å². The number of anilines is 2. The van der Waals surface area contributed by atoms with Crippen LogP contribution in [-0.4, -0.2) is 61.3 Å². The molecule has 0 atom stereocenters. The highest BCUT2D eigenvalue weighted by atomic mass is 16.2. The van der Waals surface area contributed by atoms with Crippen LogP contribution in [0.1, 0.15) is 21.5 Å². The van der Waals surface area contributed by atoms with Crippen LogP contribution in [0, 0.1) is 13.8 Å². The summed E-state index contributed by atoms with van der Waals surface area (Å²) >= 11 is 0. The first-order valence-corrected chi connectivity index (χ1v) is 8.57. The van der Waals surface area contributed by atoms with E-state index in [0.29, 0.717) is 13.1 Å². The van der Waals surface area contributed by atoms with Crippen molar-refractivity contribution in [3.05, 3.63) is 47.0 Å². The zero-order chi connectivity index (χ0) is 18.0. The number of benzene rings is 1. The van der Waals surface area contributed by atoms with Gasteiger partial charge in [0.25, 0.3) is 5.91 Å². The molecular weight excluding hydrogens is 314 g/mol. The third-order valence-electron chi connectivity index (χ3n) is 4.45. The standard InChI is InChI=1S/C19H25N5O/c1-14-11-15(2)13-16(12-14)19(25)24-9-7-23(8-10-24)18-6-5-17(20-21-18)22(3)4/h5-6,11-13H,7-10H2,1-4H3. The van der Waals surface area contributed by atoms with Crippen molar-refractivity contribution in [1.82, 2.24) is 15.1 Å². The van der Waals surface area contributed by atoms with Crippen molar-refractivity contribution in [2.45, 2.75) is 13.8 Å². The molecule has 1 saturated heterocycles. The van der Waals surface area contributed by atoms with E-state index in [0.717, 1.165) is 41.4 Å². The van der Waals surface area contributed by atoms with Crippen molar-refractivity contribution in [1.29, 1.82) is 0 Å². The van der Waals surface area contributed by atoms with Crippen LogP contribution >= 0.6 is 0 Å². The number of carbonyl (C=O) groups is 1. The number of carbonyl (C=O) groups excluding carboxylic acids is 1. The van der Waals surface area contributed by atoms with Crippen LogP contribution in [0.25, 0.3) is 0 Å². The molecular formula is C19H25N5O. The van der Waals surface area contributed by atoms with E-state index in [2.05, 4.69) is 21.2 Å². The molecule has 25 heavy (non-hydrogen) atoms. The molecule has 0 spiro atoms. The SMILES string of the molecule is Cc1cc(C)cc(C(=O)N2CCN(c3ccc(N(C)C)nn3)CC2)c1. The molecule has 6 heteroatoms. The van der Waals surface area contributed by atoms with Gasteiger partial charge >= 0.3 is 0 Å². The van der Waals surface area contributed by atoms with Gasteiger partial charge in [-0.05, 0) is 38.1 Å². The second-order valence-electron chi connectivity index (χ2n) is 6.80. The van der Waals surface area contributed by atoms with Gasteiger partial charge in [0.15, 0.2) is 11.6 Å². The lowest BCUT2D eigenvalue weighted by Crippen LogP contribution is -2.49. The van der Waals surface area contributed by atoms with E-state index < -0.39 is 0 Å². The first-order valence-electron chi connectivity index (χ1n) is 8.57. The molecule has 0 N–H and O–H groups in total. The van der Waals surface area contributed by atoms with E-state index in [1.165, 1.54) is 0 Å². The summed E-state index contributed by atoms with van der Waals surface area (Å²) in [7, 11) is 3.89. The topological polar surface area (TPSA) is 52.6 Å². The molecule has 0 radical (unpaired) electrons. The highest BCUT2D eigenvalue weighted by molar-refractivity contribution is 5.94. The minimum atomic E-state index is 0.112. The molecule has 0 saturated carbocycles. The fourth-order valence-electron chi connectivity index (χ4n) is 3.14.